The van der Waals surface area contributed by atoms with Crippen LogP contribution in [0.4, 0.5) is 0 Å². The highest BCUT2D eigenvalue weighted by Gasteiger charge is 2.37. The summed E-state index contributed by atoms with van der Waals surface area (Å²) in [5.74, 6) is 0.00513. The highest BCUT2D eigenvalue weighted by molar-refractivity contribution is 7.92. The molecule has 2 amide bonds. The van der Waals surface area contributed by atoms with Crippen molar-refractivity contribution in [3.05, 3.63) is 0 Å². The van der Waals surface area contributed by atoms with E-state index in [9.17, 15) is 18.0 Å². The van der Waals surface area contributed by atoms with Crippen LogP contribution < -0.4 is 5.32 Å². The van der Waals surface area contributed by atoms with Crippen LogP contribution in [-0.2, 0) is 19.4 Å². The van der Waals surface area contributed by atoms with Crippen LogP contribution in [0.5, 0.6) is 0 Å². The molecular formula is C12H20N2O4S. The summed E-state index contributed by atoms with van der Waals surface area (Å²) in [5, 5.41) is 1.96. The van der Waals surface area contributed by atoms with Gasteiger partial charge >= 0.3 is 0 Å². The van der Waals surface area contributed by atoms with Crippen LogP contribution in [0, 0.1) is 5.92 Å². The molecule has 2 aliphatic heterocycles. The van der Waals surface area contributed by atoms with E-state index in [0.717, 1.165) is 12.7 Å². The van der Waals surface area contributed by atoms with Crippen LogP contribution in [0.3, 0.4) is 0 Å². The number of nitrogens with one attached hydrogen (secondary N) is 1. The zero-order valence-electron chi connectivity index (χ0n) is 11.3. The molecule has 2 aliphatic rings. The number of hydrogen-bond acceptors (Lipinski definition) is 4. The highest BCUT2D eigenvalue weighted by atomic mass is 32.2. The predicted octanol–water partition coefficient (Wildman–Crippen LogP) is -0.453. The minimum atomic E-state index is -3.35. The zero-order valence-corrected chi connectivity index (χ0v) is 12.1. The van der Waals surface area contributed by atoms with Crippen LogP contribution in [-0.4, -0.2) is 55.8 Å². The second-order valence-corrected chi connectivity index (χ2v) is 7.88. The minimum absolute atomic E-state index is 0.0746. The first-order chi connectivity index (χ1) is 8.79. The Balaban J connectivity index is 2.01. The van der Waals surface area contributed by atoms with Gasteiger partial charge in [-0.15, -0.1) is 0 Å². The summed E-state index contributed by atoms with van der Waals surface area (Å²) >= 11 is 0. The summed E-state index contributed by atoms with van der Waals surface area (Å²) in [6.07, 6.45) is 3.06. The van der Waals surface area contributed by atoms with Gasteiger partial charge in [-0.25, -0.2) is 8.42 Å². The summed E-state index contributed by atoms with van der Waals surface area (Å²) < 4.78 is 22.9. The fraction of sp³-hybridized carbons (Fsp3) is 0.833. The van der Waals surface area contributed by atoms with Crippen molar-refractivity contribution >= 4 is 21.7 Å². The van der Waals surface area contributed by atoms with Gasteiger partial charge in [0, 0.05) is 31.8 Å². The molecule has 0 spiro atoms. The second kappa shape index (κ2) is 5.11. The Hall–Kier alpha value is -1.11. The maximum atomic E-state index is 12.1. The number of fused-ring (bicyclic) bond motifs is 1. The van der Waals surface area contributed by atoms with Gasteiger partial charge < -0.3 is 10.2 Å². The molecule has 2 heterocycles. The maximum Gasteiger partial charge on any atom is 0.240 e. The first-order valence-electron chi connectivity index (χ1n) is 6.56. The first kappa shape index (κ1) is 14.3. The normalized spacial score (nSPS) is 29.4. The van der Waals surface area contributed by atoms with E-state index in [1.165, 1.54) is 6.92 Å². The monoisotopic (exact) mass is 288 g/mol. The molecule has 3 unspecified atom stereocenters. The van der Waals surface area contributed by atoms with Gasteiger partial charge in [0.05, 0.1) is 0 Å². The van der Waals surface area contributed by atoms with E-state index in [1.807, 2.05) is 0 Å². The van der Waals surface area contributed by atoms with Gasteiger partial charge in [-0.1, -0.05) is 0 Å². The lowest BCUT2D eigenvalue weighted by Gasteiger charge is -2.41. The molecule has 0 aromatic heterocycles. The van der Waals surface area contributed by atoms with Gasteiger partial charge in [-0.2, -0.15) is 0 Å². The SMILES string of the molecule is CC(C(=O)N1CCC2NC(=O)CCC2C1)S(C)(=O)=O. The van der Waals surface area contributed by atoms with E-state index in [4.69, 9.17) is 0 Å². The Bertz CT molecular complexity index is 488. The first-order valence-corrected chi connectivity index (χ1v) is 8.51. The third-order valence-corrected chi connectivity index (χ3v) is 5.61. The molecule has 7 heteroatoms. The van der Waals surface area contributed by atoms with E-state index < -0.39 is 15.1 Å². The second-order valence-electron chi connectivity index (χ2n) is 5.52. The molecule has 0 bridgehead atoms. The van der Waals surface area contributed by atoms with Crippen LogP contribution in [0.15, 0.2) is 0 Å². The third kappa shape index (κ3) is 3.08. The minimum Gasteiger partial charge on any atom is -0.353 e. The largest absolute Gasteiger partial charge is 0.353 e. The Labute approximate surface area is 113 Å². The summed E-state index contributed by atoms with van der Waals surface area (Å²) in [5.41, 5.74) is 0. The number of carbonyl (C=O) groups excluding carboxylic acids is 2. The van der Waals surface area contributed by atoms with E-state index in [0.29, 0.717) is 25.9 Å². The van der Waals surface area contributed by atoms with E-state index >= 15 is 0 Å². The number of likely N-dealkylation sites (tertiary alicyclic amines) is 1. The topological polar surface area (TPSA) is 83.6 Å². The van der Waals surface area contributed by atoms with Gasteiger partial charge in [-0.3, -0.25) is 9.59 Å². The smallest absolute Gasteiger partial charge is 0.240 e. The maximum absolute atomic E-state index is 12.1. The molecule has 0 aromatic rings. The van der Waals surface area contributed by atoms with Crippen molar-refractivity contribution < 1.29 is 18.0 Å². The molecule has 2 rings (SSSR count). The van der Waals surface area contributed by atoms with Crippen LogP contribution >= 0.6 is 0 Å². The number of nitrogens with zero attached hydrogens (tertiary/aromatic N) is 1. The Morgan fingerprint density at radius 1 is 1.42 bits per heavy atom. The molecular weight excluding hydrogens is 268 g/mol. The van der Waals surface area contributed by atoms with Crippen molar-refractivity contribution in [2.24, 2.45) is 5.92 Å². The molecule has 2 fully saturated rings. The van der Waals surface area contributed by atoms with E-state index in [2.05, 4.69) is 5.32 Å². The number of hydrogen-bond donors (Lipinski definition) is 1. The number of amides is 2. The molecule has 0 radical (unpaired) electrons. The van der Waals surface area contributed by atoms with E-state index in [1.54, 1.807) is 4.90 Å². The lowest BCUT2D eigenvalue weighted by molar-refractivity contribution is -0.134. The third-order valence-electron chi connectivity index (χ3n) is 4.12. The van der Waals surface area contributed by atoms with Gasteiger partial charge in [-0.05, 0) is 25.7 Å². The Kier molecular flexibility index (Phi) is 3.85. The molecule has 108 valence electrons. The molecule has 0 aliphatic carbocycles. The van der Waals surface area contributed by atoms with Crippen molar-refractivity contribution in [2.75, 3.05) is 19.3 Å². The van der Waals surface area contributed by atoms with Gasteiger partial charge in [0.15, 0.2) is 9.84 Å². The number of piperidine rings is 2. The van der Waals surface area contributed by atoms with Crippen molar-refractivity contribution in [3.8, 4) is 0 Å². The van der Waals surface area contributed by atoms with Crippen LogP contribution in [0.2, 0.25) is 0 Å². The van der Waals surface area contributed by atoms with Crippen LogP contribution in [0.1, 0.15) is 26.2 Å². The van der Waals surface area contributed by atoms with Crippen molar-refractivity contribution in [3.63, 3.8) is 0 Å². The van der Waals surface area contributed by atoms with Gasteiger partial charge in [0.2, 0.25) is 11.8 Å². The standard InChI is InChI=1S/C12H20N2O4S/c1-8(19(2,17)18)12(16)14-6-5-10-9(7-14)3-4-11(15)13-10/h8-10H,3-7H2,1-2H3,(H,13,15). The average Bonchev–Trinajstić information content (AvgIpc) is 2.35. The molecule has 2 saturated heterocycles. The lowest BCUT2D eigenvalue weighted by Crippen LogP contribution is -2.56. The van der Waals surface area contributed by atoms with Gasteiger partial charge in [0.25, 0.3) is 0 Å². The quantitative estimate of drug-likeness (QED) is 0.746. The summed E-state index contributed by atoms with van der Waals surface area (Å²) in [6.45, 7) is 2.50. The number of rotatable bonds is 2. The lowest BCUT2D eigenvalue weighted by atomic mass is 9.85. The molecule has 0 aromatic carbocycles. The fourth-order valence-electron chi connectivity index (χ4n) is 2.75. The number of carbonyl (C=O) groups is 2. The molecule has 6 nitrogen and oxygen atoms in total. The van der Waals surface area contributed by atoms with Crippen molar-refractivity contribution in [1.82, 2.24) is 10.2 Å². The van der Waals surface area contributed by atoms with Crippen molar-refractivity contribution in [1.29, 1.82) is 0 Å². The van der Waals surface area contributed by atoms with Crippen LogP contribution in [0.25, 0.3) is 0 Å². The Morgan fingerprint density at radius 3 is 2.74 bits per heavy atom. The van der Waals surface area contributed by atoms with Gasteiger partial charge in [0.1, 0.15) is 5.25 Å². The fourth-order valence-corrected chi connectivity index (χ4v) is 3.27. The summed E-state index contributed by atoms with van der Waals surface area (Å²) in [4.78, 5) is 25.1. The molecule has 1 N–H and O–H groups in total. The van der Waals surface area contributed by atoms with E-state index in [-0.39, 0.29) is 23.8 Å². The molecule has 3 atom stereocenters. The molecule has 0 saturated carbocycles. The summed E-state index contributed by atoms with van der Waals surface area (Å²) in [6, 6.07) is 0.138. The highest BCUT2D eigenvalue weighted by Crippen LogP contribution is 2.26. The molecule has 19 heavy (non-hydrogen) atoms. The zero-order chi connectivity index (χ0) is 14.2. The average molecular weight is 288 g/mol. The Morgan fingerprint density at radius 2 is 2.11 bits per heavy atom. The number of sulfone groups is 1. The van der Waals surface area contributed by atoms with Crippen molar-refractivity contribution in [2.45, 2.75) is 37.5 Å². The predicted molar refractivity (Wildman–Crippen MR) is 70.2 cm³/mol. The summed E-state index contributed by atoms with van der Waals surface area (Å²) in [7, 11) is -3.35.